The van der Waals surface area contributed by atoms with E-state index in [2.05, 4.69) is 10.1 Å². The van der Waals surface area contributed by atoms with Crippen LogP contribution >= 0.6 is 0 Å². The van der Waals surface area contributed by atoms with E-state index in [1.54, 1.807) is 12.1 Å². The summed E-state index contributed by atoms with van der Waals surface area (Å²) < 4.78 is 45.1. The van der Waals surface area contributed by atoms with Crippen LogP contribution in [0.5, 0.6) is 5.75 Å². The lowest BCUT2D eigenvalue weighted by molar-refractivity contribution is -0.274. The fraction of sp³-hybridized carbons (Fsp3) is 0.222. The van der Waals surface area contributed by atoms with Gasteiger partial charge in [-0.2, -0.15) is 0 Å². The van der Waals surface area contributed by atoms with E-state index in [-0.39, 0.29) is 17.9 Å². The Bertz CT molecular complexity index is 788. The van der Waals surface area contributed by atoms with Gasteiger partial charge in [0.25, 0.3) is 5.91 Å². The molecule has 27 heavy (non-hydrogen) atoms. The van der Waals surface area contributed by atoms with Gasteiger partial charge >= 0.3 is 12.3 Å². The summed E-state index contributed by atoms with van der Waals surface area (Å²) in [6.07, 6.45) is -5.94. The Morgan fingerprint density at radius 1 is 1.07 bits per heavy atom. The number of esters is 1. The number of hydrogen-bond donors (Lipinski definition) is 2. The van der Waals surface area contributed by atoms with Gasteiger partial charge in [-0.25, -0.2) is 4.79 Å². The van der Waals surface area contributed by atoms with Crippen LogP contribution in [-0.4, -0.2) is 29.4 Å². The number of aliphatic hydroxyl groups is 1. The van der Waals surface area contributed by atoms with E-state index in [0.717, 1.165) is 12.1 Å². The molecule has 0 radical (unpaired) electrons. The van der Waals surface area contributed by atoms with Crippen molar-refractivity contribution in [2.45, 2.75) is 26.0 Å². The molecule has 2 aromatic carbocycles. The van der Waals surface area contributed by atoms with Crippen LogP contribution in [0.2, 0.25) is 0 Å². The average molecular weight is 383 g/mol. The van der Waals surface area contributed by atoms with Crippen molar-refractivity contribution in [1.82, 2.24) is 0 Å². The third kappa shape index (κ3) is 6.30. The van der Waals surface area contributed by atoms with Gasteiger partial charge in [0, 0.05) is 5.69 Å². The predicted octanol–water partition coefficient (Wildman–Crippen LogP) is 3.26. The summed E-state index contributed by atoms with van der Waals surface area (Å²) in [6, 6.07) is 10.5. The van der Waals surface area contributed by atoms with Crippen molar-refractivity contribution in [3.8, 4) is 5.75 Å². The fourth-order valence-electron chi connectivity index (χ4n) is 2.01. The lowest BCUT2D eigenvalue weighted by Crippen LogP contribution is -2.30. The number of carbonyl (C=O) groups is 2. The van der Waals surface area contributed by atoms with Crippen molar-refractivity contribution in [3.05, 3.63) is 59.7 Å². The van der Waals surface area contributed by atoms with Crippen LogP contribution < -0.4 is 10.1 Å². The van der Waals surface area contributed by atoms with Crippen molar-refractivity contribution in [3.63, 3.8) is 0 Å². The van der Waals surface area contributed by atoms with Crippen LogP contribution in [0.3, 0.4) is 0 Å². The van der Waals surface area contributed by atoms with E-state index < -0.39 is 30.1 Å². The number of nitrogens with one attached hydrogen (secondary N) is 1. The highest BCUT2D eigenvalue weighted by Crippen LogP contribution is 2.24. The highest BCUT2D eigenvalue weighted by molar-refractivity contribution is 5.97. The molecule has 0 spiro atoms. The van der Waals surface area contributed by atoms with Crippen LogP contribution in [0, 0.1) is 0 Å². The Labute approximate surface area is 152 Å². The molecule has 0 bridgehead atoms. The van der Waals surface area contributed by atoms with E-state index in [1.807, 2.05) is 0 Å². The van der Waals surface area contributed by atoms with E-state index in [9.17, 15) is 22.8 Å². The van der Waals surface area contributed by atoms with Crippen molar-refractivity contribution in [2.75, 3.05) is 5.32 Å². The Balaban J connectivity index is 1.91. The SMILES string of the molecule is CC(OC(=O)c1ccc(CO)cc1)C(=O)Nc1ccc(OC(F)(F)F)cc1. The molecule has 1 atom stereocenters. The van der Waals surface area contributed by atoms with Gasteiger partial charge < -0.3 is 19.9 Å². The molecule has 1 unspecified atom stereocenters. The van der Waals surface area contributed by atoms with Crippen molar-refractivity contribution in [1.29, 1.82) is 0 Å². The molecule has 0 saturated heterocycles. The summed E-state index contributed by atoms with van der Waals surface area (Å²) in [7, 11) is 0. The number of hydrogen-bond acceptors (Lipinski definition) is 5. The van der Waals surface area contributed by atoms with Gasteiger partial charge in [-0.3, -0.25) is 4.79 Å². The average Bonchev–Trinajstić information content (AvgIpc) is 2.62. The Kier molecular flexibility index (Phi) is 6.40. The topological polar surface area (TPSA) is 84.9 Å². The maximum absolute atomic E-state index is 12.1. The lowest BCUT2D eigenvalue weighted by Gasteiger charge is -2.14. The first-order chi connectivity index (χ1) is 12.7. The summed E-state index contributed by atoms with van der Waals surface area (Å²) >= 11 is 0. The molecule has 6 nitrogen and oxygen atoms in total. The van der Waals surface area contributed by atoms with E-state index in [0.29, 0.717) is 5.56 Å². The summed E-state index contributed by atoms with van der Waals surface area (Å²) in [6.45, 7) is 1.19. The van der Waals surface area contributed by atoms with Crippen LogP contribution in [0.4, 0.5) is 18.9 Å². The predicted molar refractivity (Wildman–Crippen MR) is 89.0 cm³/mol. The van der Waals surface area contributed by atoms with Gasteiger partial charge in [0.1, 0.15) is 5.75 Å². The zero-order valence-corrected chi connectivity index (χ0v) is 14.1. The van der Waals surface area contributed by atoms with Gasteiger partial charge in [-0.15, -0.1) is 13.2 Å². The van der Waals surface area contributed by atoms with Crippen LogP contribution in [0.15, 0.2) is 48.5 Å². The second-order valence-electron chi connectivity index (χ2n) is 5.46. The molecule has 0 fully saturated rings. The summed E-state index contributed by atoms with van der Waals surface area (Å²) in [5.41, 5.74) is 1.04. The van der Waals surface area contributed by atoms with Gasteiger partial charge in [-0.1, -0.05) is 12.1 Å². The minimum absolute atomic E-state index is 0.166. The zero-order valence-electron chi connectivity index (χ0n) is 14.1. The van der Waals surface area contributed by atoms with Crippen LogP contribution in [0.25, 0.3) is 0 Å². The van der Waals surface area contributed by atoms with Crippen molar-refractivity contribution in [2.24, 2.45) is 0 Å². The molecule has 0 aliphatic heterocycles. The largest absolute Gasteiger partial charge is 0.573 e. The Morgan fingerprint density at radius 2 is 1.67 bits per heavy atom. The van der Waals surface area contributed by atoms with Gasteiger partial charge in [0.2, 0.25) is 0 Å². The molecule has 2 aromatic rings. The highest BCUT2D eigenvalue weighted by Gasteiger charge is 2.31. The molecule has 0 aliphatic carbocycles. The number of anilines is 1. The normalized spacial score (nSPS) is 12.2. The monoisotopic (exact) mass is 383 g/mol. The first-order valence-corrected chi connectivity index (χ1v) is 7.75. The second-order valence-corrected chi connectivity index (χ2v) is 5.46. The van der Waals surface area contributed by atoms with Gasteiger partial charge in [0.15, 0.2) is 6.10 Å². The van der Waals surface area contributed by atoms with Gasteiger partial charge in [0.05, 0.1) is 12.2 Å². The molecule has 9 heteroatoms. The quantitative estimate of drug-likeness (QED) is 0.748. The third-order valence-electron chi connectivity index (χ3n) is 3.38. The minimum atomic E-state index is -4.80. The molecule has 0 aromatic heterocycles. The van der Waals surface area contributed by atoms with Crippen LogP contribution in [0.1, 0.15) is 22.8 Å². The fourth-order valence-corrected chi connectivity index (χ4v) is 2.01. The molecular formula is C18H16F3NO5. The summed E-state index contributed by atoms with van der Waals surface area (Å²) in [5, 5.41) is 11.4. The van der Waals surface area contributed by atoms with Crippen molar-refractivity contribution < 1.29 is 37.3 Å². The number of carbonyl (C=O) groups excluding carboxylic acids is 2. The molecule has 144 valence electrons. The van der Waals surface area contributed by atoms with E-state index in [1.165, 1.54) is 31.2 Å². The van der Waals surface area contributed by atoms with E-state index in [4.69, 9.17) is 9.84 Å². The minimum Gasteiger partial charge on any atom is -0.449 e. The number of halogens is 3. The third-order valence-corrected chi connectivity index (χ3v) is 3.38. The smallest absolute Gasteiger partial charge is 0.449 e. The number of ether oxygens (including phenoxy) is 2. The first-order valence-electron chi connectivity index (χ1n) is 7.75. The zero-order chi connectivity index (χ0) is 20.0. The van der Waals surface area contributed by atoms with Crippen LogP contribution in [-0.2, 0) is 16.1 Å². The lowest BCUT2D eigenvalue weighted by atomic mass is 10.1. The molecule has 0 saturated carbocycles. The first kappa shape index (κ1) is 20.2. The Morgan fingerprint density at radius 3 is 2.19 bits per heavy atom. The molecule has 2 N–H and O–H groups in total. The highest BCUT2D eigenvalue weighted by atomic mass is 19.4. The number of amides is 1. The van der Waals surface area contributed by atoms with Crippen molar-refractivity contribution >= 4 is 17.6 Å². The number of rotatable bonds is 6. The molecule has 0 aliphatic rings. The maximum Gasteiger partial charge on any atom is 0.573 e. The number of alkyl halides is 3. The molecule has 0 heterocycles. The molecule has 1 amide bonds. The standard InChI is InChI=1S/C18H16F3NO5/c1-11(26-17(25)13-4-2-12(10-23)3-5-13)16(24)22-14-6-8-15(9-7-14)27-18(19,20)21/h2-9,11,23H,10H2,1H3,(H,22,24). The number of benzene rings is 2. The molecule has 2 rings (SSSR count). The number of aliphatic hydroxyl groups excluding tert-OH is 1. The Hall–Kier alpha value is -3.07. The second kappa shape index (κ2) is 8.54. The van der Waals surface area contributed by atoms with Gasteiger partial charge in [-0.05, 0) is 48.9 Å². The summed E-state index contributed by atoms with van der Waals surface area (Å²) in [5.74, 6) is -1.80. The maximum atomic E-state index is 12.1. The van der Waals surface area contributed by atoms with E-state index >= 15 is 0 Å². The molecular weight excluding hydrogens is 367 g/mol. The summed E-state index contributed by atoms with van der Waals surface area (Å²) in [4.78, 5) is 24.1.